The summed E-state index contributed by atoms with van der Waals surface area (Å²) < 4.78 is 0. The third-order valence-electron chi connectivity index (χ3n) is 4.43. The molecule has 0 amide bonds. The molecule has 0 radical (unpaired) electrons. The molecule has 0 aliphatic carbocycles. The van der Waals surface area contributed by atoms with E-state index < -0.39 is 0 Å². The van der Waals surface area contributed by atoms with Gasteiger partial charge in [0.15, 0.2) is 0 Å². The fourth-order valence-electron chi connectivity index (χ4n) is 3.40. The standard InChI is InChI=1S/C15H20N2O/c1-11-9-16-6-5-12(11)10-17-13-3-2-4-14(17)8-15(18)7-13/h5-6,9,13-14H,2-4,7-8,10H2,1H3. The van der Waals surface area contributed by atoms with E-state index in [1.54, 1.807) is 0 Å². The highest BCUT2D eigenvalue weighted by Gasteiger charge is 2.37. The minimum absolute atomic E-state index is 0.465. The first kappa shape index (κ1) is 11.8. The Labute approximate surface area is 108 Å². The second-order valence-electron chi connectivity index (χ2n) is 5.66. The second-order valence-corrected chi connectivity index (χ2v) is 5.66. The van der Waals surface area contributed by atoms with E-state index in [1.807, 2.05) is 12.4 Å². The molecule has 0 saturated carbocycles. The molecule has 1 aromatic heterocycles. The highest BCUT2D eigenvalue weighted by atomic mass is 16.1. The van der Waals surface area contributed by atoms with Crippen LogP contribution in [-0.4, -0.2) is 27.8 Å². The van der Waals surface area contributed by atoms with E-state index in [0.717, 1.165) is 19.4 Å². The van der Waals surface area contributed by atoms with Crippen LogP contribution in [0.25, 0.3) is 0 Å². The average Bonchev–Trinajstić information content (AvgIpc) is 2.33. The van der Waals surface area contributed by atoms with Gasteiger partial charge in [-0.25, -0.2) is 0 Å². The molecule has 18 heavy (non-hydrogen) atoms. The first-order valence-electron chi connectivity index (χ1n) is 6.91. The number of rotatable bonds is 2. The summed E-state index contributed by atoms with van der Waals surface area (Å²) in [6, 6.07) is 3.08. The van der Waals surface area contributed by atoms with Crippen LogP contribution in [-0.2, 0) is 11.3 Å². The van der Waals surface area contributed by atoms with E-state index in [2.05, 4.69) is 22.9 Å². The van der Waals surface area contributed by atoms with Crippen molar-refractivity contribution in [1.82, 2.24) is 9.88 Å². The van der Waals surface area contributed by atoms with Gasteiger partial charge in [0.2, 0.25) is 0 Å². The number of fused-ring (bicyclic) bond motifs is 2. The van der Waals surface area contributed by atoms with E-state index in [9.17, 15) is 4.79 Å². The monoisotopic (exact) mass is 244 g/mol. The number of aromatic nitrogens is 1. The number of carbonyl (C=O) groups is 1. The molecule has 3 heteroatoms. The van der Waals surface area contributed by atoms with Gasteiger partial charge in [-0.15, -0.1) is 0 Å². The topological polar surface area (TPSA) is 33.2 Å². The Kier molecular flexibility index (Phi) is 3.16. The minimum atomic E-state index is 0.465. The van der Waals surface area contributed by atoms with E-state index in [-0.39, 0.29) is 0 Å². The molecule has 2 bridgehead atoms. The number of piperidine rings is 2. The average molecular weight is 244 g/mol. The number of aryl methyl sites for hydroxylation is 1. The van der Waals surface area contributed by atoms with Crippen LogP contribution in [0.4, 0.5) is 0 Å². The van der Waals surface area contributed by atoms with Gasteiger partial charge in [0.1, 0.15) is 5.78 Å². The van der Waals surface area contributed by atoms with Gasteiger partial charge in [0.25, 0.3) is 0 Å². The Hall–Kier alpha value is -1.22. The number of nitrogens with zero attached hydrogens (tertiary/aromatic N) is 2. The number of hydrogen-bond acceptors (Lipinski definition) is 3. The van der Waals surface area contributed by atoms with Gasteiger partial charge in [-0.05, 0) is 37.0 Å². The Morgan fingerprint density at radius 1 is 1.33 bits per heavy atom. The molecule has 3 rings (SSSR count). The summed E-state index contributed by atoms with van der Waals surface area (Å²) in [6.07, 6.45) is 8.99. The zero-order valence-corrected chi connectivity index (χ0v) is 10.9. The predicted molar refractivity (Wildman–Crippen MR) is 70.2 cm³/mol. The SMILES string of the molecule is Cc1cnccc1CN1C2CCCC1CC(=O)C2. The number of hydrogen-bond donors (Lipinski definition) is 0. The van der Waals surface area contributed by atoms with Gasteiger partial charge in [-0.1, -0.05) is 6.42 Å². The summed E-state index contributed by atoms with van der Waals surface area (Å²) in [5.74, 6) is 0.465. The zero-order valence-electron chi connectivity index (χ0n) is 10.9. The smallest absolute Gasteiger partial charge is 0.136 e. The zero-order chi connectivity index (χ0) is 12.5. The van der Waals surface area contributed by atoms with Gasteiger partial charge in [0.05, 0.1) is 0 Å². The lowest BCUT2D eigenvalue weighted by Crippen LogP contribution is -2.51. The van der Waals surface area contributed by atoms with Crippen LogP contribution in [0, 0.1) is 6.92 Å². The Balaban J connectivity index is 1.80. The van der Waals surface area contributed by atoms with E-state index in [4.69, 9.17) is 0 Å². The van der Waals surface area contributed by atoms with Crippen molar-refractivity contribution in [1.29, 1.82) is 0 Å². The van der Waals surface area contributed by atoms with E-state index in [1.165, 1.54) is 30.4 Å². The number of Topliss-reactive ketones (excluding diaryl/α,β-unsaturated/α-hetero) is 1. The number of pyridine rings is 1. The van der Waals surface area contributed by atoms with E-state index >= 15 is 0 Å². The minimum Gasteiger partial charge on any atom is -0.300 e. The number of carbonyl (C=O) groups excluding carboxylic acids is 1. The van der Waals surface area contributed by atoms with Crippen LogP contribution in [0.3, 0.4) is 0 Å². The number of ketones is 1. The molecule has 2 aliphatic rings. The predicted octanol–water partition coefficient (Wildman–Crippen LogP) is 2.48. The maximum atomic E-state index is 11.7. The van der Waals surface area contributed by atoms with Crippen LogP contribution >= 0.6 is 0 Å². The van der Waals surface area contributed by atoms with Crippen molar-refractivity contribution in [2.45, 2.75) is 57.7 Å². The Morgan fingerprint density at radius 3 is 2.72 bits per heavy atom. The second kappa shape index (κ2) is 4.81. The van der Waals surface area contributed by atoms with Crippen molar-refractivity contribution >= 4 is 5.78 Å². The Morgan fingerprint density at radius 2 is 2.06 bits per heavy atom. The van der Waals surface area contributed by atoms with Crippen LogP contribution in [0.15, 0.2) is 18.5 Å². The van der Waals surface area contributed by atoms with Crippen molar-refractivity contribution in [3.05, 3.63) is 29.6 Å². The van der Waals surface area contributed by atoms with Gasteiger partial charge < -0.3 is 0 Å². The van der Waals surface area contributed by atoms with Crippen molar-refractivity contribution in [2.75, 3.05) is 0 Å². The van der Waals surface area contributed by atoms with Crippen LogP contribution in [0.1, 0.15) is 43.2 Å². The molecular weight excluding hydrogens is 224 g/mol. The summed E-state index contributed by atoms with van der Waals surface area (Å²) in [6.45, 7) is 3.10. The third-order valence-corrected chi connectivity index (χ3v) is 4.43. The molecule has 0 aromatic carbocycles. The maximum absolute atomic E-state index is 11.7. The van der Waals surface area contributed by atoms with Gasteiger partial charge in [0, 0.05) is 43.9 Å². The summed E-state index contributed by atoms with van der Waals surface area (Å²) in [4.78, 5) is 18.4. The molecule has 2 fully saturated rings. The van der Waals surface area contributed by atoms with Crippen LogP contribution in [0.2, 0.25) is 0 Å². The van der Waals surface area contributed by atoms with Crippen LogP contribution in [0.5, 0.6) is 0 Å². The fourth-order valence-corrected chi connectivity index (χ4v) is 3.40. The molecular formula is C15H20N2O. The normalized spacial score (nSPS) is 28.4. The molecule has 96 valence electrons. The summed E-state index contributed by atoms with van der Waals surface area (Å²) in [5, 5.41) is 0. The molecule has 2 atom stereocenters. The molecule has 1 aromatic rings. The van der Waals surface area contributed by atoms with Gasteiger partial charge in [-0.2, -0.15) is 0 Å². The molecule has 2 aliphatic heterocycles. The van der Waals surface area contributed by atoms with Gasteiger partial charge in [-0.3, -0.25) is 14.7 Å². The molecule has 3 heterocycles. The van der Waals surface area contributed by atoms with Crippen molar-refractivity contribution in [3.63, 3.8) is 0 Å². The first-order valence-corrected chi connectivity index (χ1v) is 6.91. The third kappa shape index (κ3) is 2.19. The molecule has 3 nitrogen and oxygen atoms in total. The quantitative estimate of drug-likeness (QED) is 0.801. The highest BCUT2D eigenvalue weighted by Crippen LogP contribution is 2.33. The molecule has 0 spiro atoms. The van der Waals surface area contributed by atoms with E-state index in [0.29, 0.717) is 17.9 Å². The van der Waals surface area contributed by atoms with Crippen molar-refractivity contribution in [3.8, 4) is 0 Å². The summed E-state index contributed by atoms with van der Waals surface area (Å²) in [5.41, 5.74) is 2.61. The lowest BCUT2D eigenvalue weighted by molar-refractivity contribution is -0.127. The molecule has 2 saturated heterocycles. The van der Waals surface area contributed by atoms with Crippen LogP contribution < -0.4 is 0 Å². The lowest BCUT2D eigenvalue weighted by Gasteiger charge is -2.45. The highest BCUT2D eigenvalue weighted by molar-refractivity contribution is 5.80. The fraction of sp³-hybridized carbons (Fsp3) is 0.600. The lowest BCUT2D eigenvalue weighted by atomic mass is 9.83. The van der Waals surface area contributed by atoms with Crippen molar-refractivity contribution < 1.29 is 4.79 Å². The largest absolute Gasteiger partial charge is 0.300 e. The first-order chi connectivity index (χ1) is 8.74. The Bertz CT molecular complexity index is 442. The molecule has 2 unspecified atom stereocenters. The maximum Gasteiger partial charge on any atom is 0.136 e. The summed E-state index contributed by atoms with van der Waals surface area (Å²) >= 11 is 0. The molecule has 0 N–H and O–H groups in total. The van der Waals surface area contributed by atoms with Gasteiger partial charge >= 0.3 is 0 Å². The van der Waals surface area contributed by atoms with Crippen molar-refractivity contribution in [2.24, 2.45) is 0 Å². The summed E-state index contributed by atoms with van der Waals surface area (Å²) in [7, 11) is 0.